The van der Waals surface area contributed by atoms with E-state index in [1.54, 1.807) is 19.2 Å². The first kappa shape index (κ1) is 21.1. The van der Waals surface area contributed by atoms with Crippen LogP contribution in [0.15, 0.2) is 29.3 Å². The highest BCUT2D eigenvalue weighted by atomic mass is 16.5. The number of nitrogens with one attached hydrogen (secondary N) is 2. The number of esters is 1. The number of aliphatic imine (C=N–C) groups is 1. The van der Waals surface area contributed by atoms with Gasteiger partial charge < -0.3 is 20.3 Å². The largest absolute Gasteiger partial charge is 0.465 e. The van der Waals surface area contributed by atoms with E-state index in [1.807, 2.05) is 17.0 Å². The summed E-state index contributed by atoms with van der Waals surface area (Å²) in [6.45, 7) is 2.15. The lowest BCUT2D eigenvalue weighted by molar-refractivity contribution is -0.135. The molecular formula is C22H32N4O3. The summed E-state index contributed by atoms with van der Waals surface area (Å²) in [6.07, 6.45) is 6.66. The van der Waals surface area contributed by atoms with E-state index in [2.05, 4.69) is 15.6 Å². The van der Waals surface area contributed by atoms with E-state index in [4.69, 9.17) is 4.74 Å². The number of ether oxygens (including phenoxy) is 1. The smallest absolute Gasteiger partial charge is 0.337 e. The monoisotopic (exact) mass is 400 g/mol. The molecule has 2 N–H and O–H groups in total. The topological polar surface area (TPSA) is 83.0 Å². The number of guanidine groups is 1. The van der Waals surface area contributed by atoms with Crippen LogP contribution in [0.3, 0.4) is 0 Å². The fourth-order valence-corrected chi connectivity index (χ4v) is 4.14. The van der Waals surface area contributed by atoms with Crippen molar-refractivity contribution in [2.45, 2.75) is 51.1 Å². The molecule has 7 nitrogen and oxygen atoms in total. The predicted molar refractivity (Wildman–Crippen MR) is 113 cm³/mol. The molecule has 1 aliphatic heterocycles. The van der Waals surface area contributed by atoms with Gasteiger partial charge in [-0.1, -0.05) is 31.4 Å². The Bertz CT molecular complexity index is 726. The quantitative estimate of drug-likeness (QED) is 0.450. The van der Waals surface area contributed by atoms with Crippen LogP contribution in [0, 0.1) is 5.92 Å². The Morgan fingerprint density at radius 1 is 1.14 bits per heavy atom. The molecule has 0 aromatic heterocycles. The second kappa shape index (κ2) is 10.3. The van der Waals surface area contributed by atoms with Gasteiger partial charge in [-0.25, -0.2) is 4.79 Å². The van der Waals surface area contributed by atoms with Gasteiger partial charge in [0.05, 0.1) is 12.7 Å². The predicted octanol–water partition coefficient (Wildman–Crippen LogP) is 2.32. The maximum absolute atomic E-state index is 12.7. The summed E-state index contributed by atoms with van der Waals surface area (Å²) in [5.74, 6) is 0.949. The number of rotatable bonds is 5. The van der Waals surface area contributed by atoms with Crippen molar-refractivity contribution in [1.82, 2.24) is 15.5 Å². The molecule has 0 radical (unpaired) electrons. The zero-order valence-corrected chi connectivity index (χ0v) is 17.4. The number of hydrogen-bond donors (Lipinski definition) is 2. The molecule has 1 aliphatic carbocycles. The summed E-state index contributed by atoms with van der Waals surface area (Å²) in [5.41, 5.74) is 1.58. The number of amides is 1. The van der Waals surface area contributed by atoms with Crippen molar-refractivity contribution in [3.8, 4) is 0 Å². The van der Waals surface area contributed by atoms with Gasteiger partial charge in [-0.15, -0.1) is 0 Å². The van der Waals surface area contributed by atoms with E-state index in [0.29, 0.717) is 18.0 Å². The highest BCUT2D eigenvalue weighted by molar-refractivity contribution is 5.89. The van der Waals surface area contributed by atoms with Crippen LogP contribution in [-0.4, -0.2) is 56.0 Å². The first-order valence-electron chi connectivity index (χ1n) is 10.5. The van der Waals surface area contributed by atoms with E-state index in [-0.39, 0.29) is 17.9 Å². The third-order valence-corrected chi connectivity index (χ3v) is 5.85. The van der Waals surface area contributed by atoms with Crippen LogP contribution in [-0.2, 0) is 16.1 Å². The number of likely N-dealkylation sites (tertiary alicyclic amines) is 1. The van der Waals surface area contributed by atoms with Crippen molar-refractivity contribution >= 4 is 17.8 Å². The van der Waals surface area contributed by atoms with Gasteiger partial charge in [-0.3, -0.25) is 9.79 Å². The summed E-state index contributed by atoms with van der Waals surface area (Å²) in [6, 6.07) is 7.52. The molecule has 29 heavy (non-hydrogen) atoms. The minimum Gasteiger partial charge on any atom is -0.465 e. The molecule has 1 aromatic rings. The molecule has 1 amide bonds. The minimum absolute atomic E-state index is 0.218. The highest BCUT2D eigenvalue weighted by Gasteiger charge is 2.31. The molecule has 0 bridgehead atoms. The molecule has 3 rings (SSSR count). The second-order valence-corrected chi connectivity index (χ2v) is 7.86. The molecule has 1 atom stereocenters. The number of nitrogens with zero attached hydrogens (tertiary/aromatic N) is 2. The third kappa shape index (κ3) is 5.71. The van der Waals surface area contributed by atoms with Crippen molar-refractivity contribution in [1.29, 1.82) is 0 Å². The SMILES string of the molecule is CN=C(NCc1ccc(C(=O)OC)cc1)NC1CCN(C(=O)C2CCCCC2)C1. The Hall–Kier alpha value is -2.57. The first-order valence-corrected chi connectivity index (χ1v) is 10.5. The maximum atomic E-state index is 12.7. The normalized spacial score (nSPS) is 20.4. The second-order valence-electron chi connectivity index (χ2n) is 7.86. The molecule has 2 aliphatic rings. The number of carbonyl (C=O) groups excluding carboxylic acids is 2. The number of carbonyl (C=O) groups is 2. The van der Waals surface area contributed by atoms with Gasteiger partial charge in [0.2, 0.25) is 5.91 Å². The zero-order valence-electron chi connectivity index (χ0n) is 17.4. The van der Waals surface area contributed by atoms with Crippen LogP contribution in [0.2, 0.25) is 0 Å². The van der Waals surface area contributed by atoms with Crippen molar-refractivity contribution < 1.29 is 14.3 Å². The minimum atomic E-state index is -0.337. The van der Waals surface area contributed by atoms with Gasteiger partial charge in [0, 0.05) is 38.6 Å². The third-order valence-electron chi connectivity index (χ3n) is 5.85. The lowest BCUT2D eigenvalue weighted by atomic mass is 9.88. The Labute approximate surface area is 172 Å². The summed E-state index contributed by atoms with van der Waals surface area (Å²) in [7, 11) is 3.12. The fourth-order valence-electron chi connectivity index (χ4n) is 4.14. The van der Waals surface area contributed by atoms with Crippen molar-refractivity contribution in [3.05, 3.63) is 35.4 Å². The van der Waals surface area contributed by atoms with E-state index >= 15 is 0 Å². The van der Waals surface area contributed by atoms with Gasteiger partial charge in [0.1, 0.15) is 0 Å². The van der Waals surface area contributed by atoms with Crippen molar-refractivity contribution in [2.75, 3.05) is 27.2 Å². The molecule has 1 saturated heterocycles. The van der Waals surface area contributed by atoms with E-state index in [9.17, 15) is 9.59 Å². The van der Waals surface area contributed by atoms with E-state index < -0.39 is 0 Å². The molecule has 2 fully saturated rings. The van der Waals surface area contributed by atoms with Crippen LogP contribution in [0.4, 0.5) is 0 Å². The van der Waals surface area contributed by atoms with Crippen LogP contribution in [0.25, 0.3) is 0 Å². The van der Waals surface area contributed by atoms with Gasteiger partial charge >= 0.3 is 5.97 Å². The van der Waals surface area contributed by atoms with Gasteiger partial charge in [-0.2, -0.15) is 0 Å². The summed E-state index contributed by atoms with van der Waals surface area (Å²) >= 11 is 0. The molecule has 0 spiro atoms. The lowest BCUT2D eigenvalue weighted by Crippen LogP contribution is -2.45. The number of benzene rings is 1. The van der Waals surface area contributed by atoms with Crippen LogP contribution >= 0.6 is 0 Å². The Morgan fingerprint density at radius 3 is 2.52 bits per heavy atom. The maximum Gasteiger partial charge on any atom is 0.337 e. The van der Waals surface area contributed by atoms with E-state index in [0.717, 1.165) is 43.9 Å². The van der Waals surface area contributed by atoms with Gasteiger partial charge in [0.25, 0.3) is 0 Å². The van der Waals surface area contributed by atoms with Crippen molar-refractivity contribution in [3.63, 3.8) is 0 Å². The summed E-state index contributed by atoms with van der Waals surface area (Å²) in [5, 5.41) is 6.74. The molecule has 1 saturated carbocycles. The van der Waals surface area contributed by atoms with Crippen LogP contribution in [0.1, 0.15) is 54.4 Å². The Morgan fingerprint density at radius 2 is 1.86 bits per heavy atom. The molecule has 158 valence electrons. The average Bonchev–Trinajstić information content (AvgIpc) is 3.25. The molecule has 1 aromatic carbocycles. The standard InChI is InChI=1S/C22H32N4O3/c1-23-22(24-14-16-8-10-18(11-9-16)21(28)29-2)25-19-12-13-26(15-19)20(27)17-6-4-3-5-7-17/h8-11,17,19H,3-7,12-15H2,1-2H3,(H2,23,24,25). The van der Waals surface area contributed by atoms with E-state index in [1.165, 1.54) is 26.4 Å². The Balaban J connectivity index is 1.45. The molecular weight excluding hydrogens is 368 g/mol. The highest BCUT2D eigenvalue weighted by Crippen LogP contribution is 2.26. The fraction of sp³-hybridized carbons (Fsp3) is 0.591. The van der Waals surface area contributed by atoms with Crippen LogP contribution < -0.4 is 10.6 Å². The lowest BCUT2D eigenvalue weighted by Gasteiger charge is -2.26. The Kier molecular flexibility index (Phi) is 7.49. The number of hydrogen-bond acceptors (Lipinski definition) is 4. The molecule has 7 heteroatoms. The molecule has 1 heterocycles. The van der Waals surface area contributed by atoms with Gasteiger partial charge in [0.15, 0.2) is 5.96 Å². The molecule has 1 unspecified atom stereocenters. The van der Waals surface area contributed by atoms with Gasteiger partial charge in [-0.05, 0) is 37.0 Å². The van der Waals surface area contributed by atoms with Crippen molar-refractivity contribution in [2.24, 2.45) is 10.9 Å². The zero-order chi connectivity index (χ0) is 20.6. The summed E-state index contributed by atoms with van der Waals surface area (Å²) in [4.78, 5) is 30.6. The number of methoxy groups -OCH3 is 1. The van der Waals surface area contributed by atoms with Crippen LogP contribution in [0.5, 0.6) is 0 Å². The first-order chi connectivity index (χ1) is 14.1. The summed E-state index contributed by atoms with van der Waals surface area (Å²) < 4.78 is 4.72. The average molecular weight is 401 g/mol.